The van der Waals surface area contributed by atoms with E-state index in [-0.39, 0.29) is 18.2 Å². The van der Waals surface area contributed by atoms with Crippen LogP contribution in [-0.4, -0.2) is 67.4 Å². The summed E-state index contributed by atoms with van der Waals surface area (Å²) in [5.74, 6) is 0.421. The molecule has 2 saturated heterocycles. The quantitative estimate of drug-likeness (QED) is 0.425. The average Bonchev–Trinajstić information content (AvgIpc) is 3.51. The van der Waals surface area contributed by atoms with E-state index in [2.05, 4.69) is 32.9 Å². The summed E-state index contributed by atoms with van der Waals surface area (Å²) in [6.45, 7) is 6.91. The number of rotatable bonds is 7. The highest BCUT2D eigenvalue weighted by atomic mass is 35.5. The summed E-state index contributed by atoms with van der Waals surface area (Å²) < 4.78 is 1.72. The van der Waals surface area contributed by atoms with E-state index in [1.54, 1.807) is 23.0 Å². The third kappa shape index (κ3) is 5.18. The van der Waals surface area contributed by atoms with Crippen LogP contribution >= 0.6 is 23.2 Å². The van der Waals surface area contributed by atoms with Crippen molar-refractivity contribution in [2.45, 2.75) is 64.1 Å². The molecule has 4 atom stereocenters. The monoisotopic (exact) mass is 555 g/mol. The Hall–Kier alpha value is -2.93. The van der Waals surface area contributed by atoms with Gasteiger partial charge < -0.3 is 10.0 Å². The Bertz CT molecular complexity index is 1390. The van der Waals surface area contributed by atoms with Gasteiger partial charge in [0.2, 0.25) is 0 Å². The number of anilines is 1. The number of nitriles is 1. The lowest BCUT2D eigenvalue weighted by atomic mass is 9.91. The smallest absolute Gasteiger partial charge is 0.303 e. The number of aliphatic carboxylic acids is 1. The van der Waals surface area contributed by atoms with Crippen LogP contribution in [0.2, 0.25) is 10.0 Å². The maximum atomic E-state index is 11.1. The van der Waals surface area contributed by atoms with Crippen LogP contribution in [0.15, 0.2) is 24.4 Å². The van der Waals surface area contributed by atoms with Gasteiger partial charge in [0.1, 0.15) is 17.4 Å². The number of carbonyl (C=O) groups is 1. The number of likely N-dealkylation sites (tertiary alicyclic amines) is 1. The molecule has 2 aromatic heterocycles. The summed E-state index contributed by atoms with van der Waals surface area (Å²) in [5.41, 5.74) is 2.06. The van der Waals surface area contributed by atoms with Crippen molar-refractivity contribution >= 4 is 46.2 Å². The van der Waals surface area contributed by atoms with Crippen molar-refractivity contribution < 1.29 is 9.90 Å². The predicted octanol–water partition coefficient (Wildman–Crippen LogP) is 5.16. The maximum Gasteiger partial charge on any atom is 0.303 e. The van der Waals surface area contributed by atoms with Gasteiger partial charge in [-0.3, -0.25) is 9.69 Å². The summed E-state index contributed by atoms with van der Waals surface area (Å²) in [6.07, 6.45) is 5.84. The molecule has 2 aliphatic rings. The van der Waals surface area contributed by atoms with Gasteiger partial charge in [0.15, 0.2) is 11.3 Å². The molecule has 1 aromatic carbocycles. The first-order chi connectivity index (χ1) is 18.3. The minimum absolute atomic E-state index is 0.224. The van der Waals surface area contributed by atoms with E-state index >= 15 is 0 Å². The molecule has 0 amide bonds. The fourth-order valence-electron chi connectivity index (χ4n) is 6.10. The molecule has 1 N–H and O–H groups in total. The summed E-state index contributed by atoms with van der Waals surface area (Å²) >= 11 is 12.6. The van der Waals surface area contributed by atoms with Gasteiger partial charge in [0.25, 0.3) is 0 Å². The number of carboxylic acids is 1. The number of hydrogen-bond donors (Lipinski definition) is 1. The van der Waals surface area contributed by atoms with Crippen LogP contribution in [0.3, 0.4) is 0 Å². The normalized spacial score (nSPS) is 23.0. The highest BCUT2D eigenvalue weighted by molar-refractivity contribution is 6.35. The molecule has 2 unspecified atom stereocenters. The second-order valence-corrected chi connectivity index (χ2v) is 11.2. The molecule has 0 bridgehead atoms. The second-order valence-electron chi connectivity index (χ2n) is 10.4. The lowest BCUT2D eigenvalue weighted by Gasteiger charge is -2.43. The molecule has 5 rings (SSSR count). The minimum atomic E-state index is -0.722. The van der Waals surface area contributed by atoms with Crippen LogP contribution in [0.25, 0.3) is 11.2 Å². The Morgan fingerprint density at radius 2 is 2.11 bits per heavy atom. The van der Waals surface area contributed by atoms with Gasteiger partial charge in [-0.15, -0.1) is 0 Å². The Balaban J connectivity index is 1.38. The zero-order chi connectivity index (χ0) is 27.0. The highest BCUT2D eigenvalue weighted by Crippen LogP contribution is 2.34. The molecule has 2 fully saturated rings. The standard InChI is InChI=1S/C27H31Cl2N7O2/c1-16-15-34(11-9-23(16)35-10-3-4-19(35)6-8-25(37)38)24-14-31-26-22(13-30)33-36(27(26)32-24)17(2)20-7-5-18(28)12-21(20)29/h5,7,12,14,16-17,19,23H,3-4,6,8-11,15H2,1-2H3,(H,37,38)/t16-,17-,19?,23?/m1/s1. The number of carboxylic acid groups (broad SMARTS) is 1. The Labute approximate surface area is 232 Å². The van der Waals surface area contributed by atoms with Gasteiger partial charge in [-0.1, -0.05) is 36.2 Å². The largest absolute Gasteiger partial charge is 0.481 e. The summed E-state index contributed by atoms with van der Waals surface area (Å²) in [5, 5.41) is 24.4. The molecule has 3 aromatic rings. The van der Waals surface area contributed by atoms with Crippen LogP contribution in [0.5, 0.6) is 0 Å². The van der Waals surface area contributed by atoms with E-state index in [4.69, 9.17) is 33.3 Å². The molecule has 200 valence electrons. The zero-order valence-electron chi connectivity index (χ0n) is 21.5. The van der Waals surface area contributed by atoms with Gasteiger partial charge in [-0.25, -0.2) is 14.6 Å². The molecule has 0 saturated carbocycles. The Morgan fingerprint density at radius 1 is 1.29 bits per heavy atom. The van der Waals surface area contributed by atoms with Crippen molar-refractivity contribution in [3.63, 3.8) is 0 Å². The summed E-state index contributed by atoms with van der Waals surface area (Å²) in [4.78, 5) is 25.5. The zero-order valence-corrected chi connectivity index (χ0v) is 23.0. The fraction of sp³-hybridized carbons (Fsp3) is 0.519. The molecular weight excluding hydrogens is 525 g/mol. The molecular formula is C27H31Cl2N7O2. The van der Waals surface area contributed by atoms with Crippen molar-refractivity contribution in [2.24, 2.45) is 5.92 Å². The molecule has 2 aliphatic heterocycles. The van der Waals surface area contributed by atoms with Gasteiger partial charge in [0.05, 0.1) is 12.2 Å². The SMILES string of the molecule is C[C@@H]1CN(c2cnc3c(C#N)nn([C@H](C)c4ccc(Cl)cc4Cl)c3n2)CCC1N1CCCC1CCC(=O)O. The number of nitrogens with zero attached hydrogens (tertiary/aromatic N) is 7. The first-order valence-electron chi connectivity index (χ1n) is 13.1. The van der Waals surface area contributed by atoms with Crippen LogP contribution < -0.4 is 4.90 Å². The van der Waals surface area contributed by atoms with Crippen LogP contribution in [0, 0.1) is 17.2 Å². The lowest BCUT2D eigenvalue weighted by molar-refractivity contribution is -0.137. The number of halogens is 2. The summed E-state index contributed by atoms with van der Waals surface area (Å²) in [6, 6.07) is 7.97. The third-order valence-electron chi connectivity index (χ3n) is 8.00. The number of fused-ring (bicyclic) bond motifs is 1. The number of aromatic nitrogens is 4. The van der Waals surface area contributed by atoms with Gasteiger partial charge in [-0.2, -0.15) is 10.4 Å². The van der Waals surface area contributed by atoms with Crippen molar-refractivity contribution in [2.75, 3.05) is 24.5 Å². The van der Waals surface area contributed by atoms with E-state index in [1.807, 2.05) is 13.0 Å². The molecule has 11 heteroatoms. The number of hydrogen-bond acceptors (Lipinski definition) is 7. The predicted molar refractivity (Wildman–Crippen MR) is 147 cm³/mol. The average molecular weight is 556 g/mol. The topological polar surface area (TPSA) is 111 Å². The van der Waals surface area contributed by atoms with Crippen LogP contribution in [-0.2, 0) is 4.79 Å². The van der Waals surface area contributed by atoms with E-state index in [1.165, 1.54) is 0 Å². The first-order valence-corrected chi connectivity index (χ1v) is 13.8. The van der Waals surface area contributed by atoms with E-state index in [0.29, 0.717) is 45.6 Å². The molecule has 0 spiro atoms. The highest BCUT2D eigenvalue weighted by Gasteiger charge is 2.37. The van der Waals surface area contributed by atoms with Crippen LogP contribution in [0.4, 0.5) is 5.82 Å². The number of benzene rings is 1. The van der Waals surface area contributed by atoms with Gasteiger partial charge >= 0.3 is 5.97 Å². The molecule has 4 heterocycles. The van der Waals surface area contributed by atoms with E-state index in [9.17, 15) is 10.1 Å². The van der Waals surface area contributed by atoms with E-state index in [0.717, 1.165) is 50.3 Å². The van der Waals surface area contributed by atoms with Crippen molar-refractivity contribution in [1.82, 2.24) is 24.6 Å². The minimum Gasteiger partial charge on any atom is -0.481 e. The van der Waals surface area contributed by atoms with Gasteiger partial charge in [0, 0.05) is 41.6 Å². The fourth-order valence-corrected chi connectivity index (χ4v) is 6.66. The van der Waals surface area contributed by atoms with Crippen molar-refractivity contribution in [1.29, 1.82) is 5.26 Å². The Kier molecular flexibility index (Phi) is 7.75. The van der Waals surface area contributed by atoms with Gasteiger partial charge in [-0.05, 0) is 62.8 Å². The van der Waals surface area contributed by atoms with E-state index < -0.39 is 5.97 Å². The first kappa shape index (κ1) is 26.7. The lowest BCUT2D eigenvalue weighted by Crippen LogP contribution is -2.52. The van der Waals surface area contributed by atoms with Crippen molar-refractivity contribution in [3.8, 4) is 6.07 Å². The Morgan fingerprint density at radius 3 is 2.82 bits per heavy atom. The number of piperidine rings is 1. The second kappa shape index (κ2) is 11.0. The molecule has 9 nitrogen and oxygen atoms in total. The molecule has 0 aliphatic carbocycles. The van der Waals surface area contributed by atoms with Crippen molar-refractivity contribution in [3.05, 3.63) is 45.7 Å². The van der Waals surface area contributed by atoms with Crippen LogP contribution in [0.1, 0.15) is 63.3 Å². The molecule has 38 heavy (non-hydrogen) atoms. The summed E-state index contributed by atoms with van der Waals surface area (Å²) in [7, 11) is 0. The third-order valence-corrected chi connectivity index (χ3v) is 8.56. The maximum absolute atomic E-state index is 11.1. The molecule has 0 radical (unpaired) electrons.